The first-order valence-corrected chi connectivity index (χ1v) is 10.5. The molecule has 1 spiro atoms. The Labute approximate surface area is 163 Å². The number of fused-ring (bicyclic) bond motifs is 2. The van der Waals surface area contributed by atoms with E-state index in [0.29, 0.717) is 25.4 Å². The summed E-state index contributed by atoms with van der Waals surface area (Å²) < 4.78 is 32.4. The predicted molar refractivity (Wildman–Crippen MR) is 104 cm³/mol. The molecule has 1 fully saturated rings. The van der Waals surface area contributed by atoms with Crippen molar-refractivity contribution in [1.29, 1.82) is 0 Å². The zero-order chi connectivity index (χ0) is 19.9. The minimum absolute atomic E-state index is 0.125. The number of sulfonamides is 1. The molecular formula is C19H21N3O5S. The Balaban J connectivity index is 1.73. The molecule has 0 aromatic heterocycles. The number of hydrogen-bond donors (Lipinski definition) is 1. The quantitative estimate of drug-likeness (QED) is 0.620. The number of aryl methyl sites for hydroxylation is 1. The fourth-order valence-electron chi connectivity index (χ4n) is 4.16. The molecule has 0 amide bonds. The van der Waals surface area contributed by atoms with Crippen molar-refractivity contribution in [1.82, 2.24) is 4.72 Å². The molecule has 0 bridgehead atoms. The van der Waals surface area contributed by atoms with Gasteiger partial charge in [-0.2, -0.15) is 0 Å². The smallest absolute Gasteiger partial charge is 0.293 e. The molecule has 1 aliphatic carbocycles. The van der Waals surface area contributed by atoms with Gasteiger partial charge in [0, 0.05) is 12.6 Å². The van der Waals surface area contributed by atoms with Crippen molar-refractivity contribution in [2.24, 2.45) is 0 Å². The van der Waals surface area contributed by atoms with Gasteiger partial charge in [-0.1, -0.05) is 24.3 Å². The molecule has 0 saturated carbocycles. The van der Waals surface area contributed by atoms with Crippen molar-refractivity contribution < 1.29 is 18.1 Å². The van der Waals surface area contributed by atoms with Gasteiger partial charge in [0.15, 0.2) is 0 Å². The summed E-state index contributed by atoms with van der Waals surface area (Å²) in [6.07, 6.45) is 1.73. The molecule has 148 valence electrons. The van der Waals surface area contributed by atoms with Gasteiger partial charge in [0.25, 0.3) is 5.69 Å². The van der Waals surface area contributed by atoms with E-state index in [1.165, 1.54) is 24.7 Å². The molecule has 1 heterocycles. The number of ether oxygens (including phenoxy) is 1. The number of benzene rings is 2. The number of nitrogens with one attached hydrogen (secondary N) is 1. The molecule has 1 aliphatic heterocycles. The lowest BCUT2D eigenvalue weighted by Crippen LogP contribution is -2.49. The minimum Gasteiger partial charge on any atom is -0.367 e. The van der Waals surface area contributed by atoms with E-state index in [0.717, 1.165) is 24.5 Å². The number of anilines is 1. The first-order chi connectivity index (χ1) is 13.4. The van der Waals surface area contributed by atoms with Crippen LogP contribution in [0.4, 0.5) is 11.4 Å². The molecule has 8 nitrogen and oxygen atoms in total. The summed E-state index contributed by atoms with van der Waals surface area (Å²) in [5.41, 5.74) is 2.08. The normalized spacial score (nSPS) is 21.7. The molecule has 1 atom stereocenters. The Hall–Kier alpha value is -2.49. The lowest BCUT2D eigenvalue weighted by molar-refractivity contribution is -0.384. The number of nitro groups is 1. The highest BCUT2D eigenvalue weighted by Gasteiger charge is 2.44. The van der Waals surface area contributed by atoms with Crippen LogP contribution in [0.3, 0.4) is 0 Å². The minimum atomic E-state index is -3.76. The molecule has 1 saturated heterocycles. The average Bonchev–Trinajstić information content (AvgIpc) is 3.05. The van der Waals surface area contributed by atoms with Crippen molar-refractivity contribution in [2.45, 2.75) is 23.3 Å². The Bertz CT molecular complexity index is 1040. The Morgan fingerprint density at radius 1 is 1.25 bits per heavy atom. The number of hydrogen-bond acceptors (Lipinski definition) is 6. The third-order valence-corrected chi connectivity index (χ3v) is 6.97. The summed E-state index contributed by atoms with van der Waals surface area (Å²) in [5, 5.41) is 11.7. The SMILES string of the molecule is CNS(=O)(=O)c1ccc(N2CCOC3(CCc4ccccc43)C2)c([N+](=O)[O-])c1. The van der Waals surface area contributed by atoms with Gasteiger partial charge in [0.1, 0.15) is 11.3 Å². The van der Waals surface area contributed by atoms with Crippen molar-refractivity contribution in [3.63, 3.8) is 0 Å². The third-order valence-electron chi connectivity index (χ3n) is 5.56. The number of nitro benzene ring substituents is 1. The van der Waals surface area contributed by atoms with Crippen LogP contribution in [0.25, 0.3) is 0 Å². The molecule has 2 aromatic carbocycles. The highest BCUT2D eigenvalue weighted by molar-refractivity contribution is 7.89. The molecule has 28 heavy (non-hydrogen) atoms. The van der Waals surface area contributed by atoms with Gasteiger partial charge >= 0.3 is 0 Å². The van der Waals surface area contributed by atoms with E-state index in [1.807, 2.05) is 17.0 Å². The fraction of sp³-hybridized carbons (Fsp3) is 0.368. The van der Waals surface area contributed by atoms with E-state index >= 15 is 0 Å². The standard InChI is InChI=1S/C19H21N3O5S/c1-20-28(25,26)15-6-7-17(18(12-15)22(23)24)21-10-11-27-19(13-21)9-8-14-4-2-3-5-16(14)19/h2-7,12,20H,8-11,13H2,1H3. The molecule has 1 N–H and O–H groups in total. The van der Waals surface area contributed by atoms with E-state index < -0.39 is 20.5 Å². The van der Waals surface area contributed by atoms with Gasteiger partial charge in [-0.3, -0.25) is 10.1 Å². The van der Waals surface area contributed by atoms with Crippen LogP contribution in [-0.4, -0.2) is 40.1 Å². The van der Waals surface area contributed by atoms with E-state index in [2.05, 4.69) is 16.9 Å². The predicted octanol–water partition coefficient (Wildman–Crippen LogP) is 2.18. The highest BCUT2D eigenvalue weighted by Crippen LogP contribution is 2.44. The van der Waals surface area contributed by atoms with Gasteiger partial charge < -0.3 is 9.64 Å². The first kappa shape index (κ1) is 18.9. The van der Waals surface area contributed by atoms with E-state index in [-0.39, 0.29) is 10.6 Å². The molecule has 0 radical (unpaired) electrons. The number of rotatable bonds is 4. The second kappa shape index (κ2) is 6.84. The molecule has 1 unspecified atom stereocenters. The molecular weight excluding hydrogens is 382 g/mol. The van der Waals surface area contributed by atoms with Gasteiger partial charge in [-0.15, -0.1) is 0 Å². The van der Waals surface area contributed by atoms with Crippen LogP contribution in [-0.2, 0) is 26.8 Å². The Kier molecular flexibility index (Phi) is 4.60. The summed E-state index contributed by atoms with van der Waals surface area (Å²) in [4.78, 5) is 12.9. The average molecular weight is 403 g/mol. The maximum absolute atomic E-state index is 12.0. The second-order valence-electron chi connectivity index (χ2n) is 7.04. The summed E-state index contributed by atoms with van der Waals surface area (Å²) in [7, 11) is -2.49. The maximum Gasteiger partial charge on any atom is 0.293 e. The summed E-state index contributed by atoms with van der Waals surface area (Å²) in [5.74, 6) is 0. The largest absolute Gasteiger partial charge is 0.367 e. The van der Waals surface area contributed by atoms with Crippen molar-refractivity contribution in [3.8, 4) is 0 Å². The first-order valence-electron chi connectivity index (χ1n) is 9.06. The number of morpholine rings is 1. The maximum atomic E-state index is 12.0. The van der Waals surface area contributed by atoms with E-state index in [1.54, 1.807) is 0 Å². The topological polar surface area (TPSA) is 102 Å². The van der Waals surface area contributed by atoms with Gasteiger partial charge in [0.05, 0.1) is 23.0 Å². The summed E-state index contributed by atoms with van der Waals surface area (Å²) >= 11 is 0. The Morgan fingerprint density at radius 3 is 2.79 bits per heavy atom. The van der Waals surface area contributed by atoms with Gasteiger partial charge in [-0.25, -0.2) is 13.1 Å². The summed E-state index contributed by atoms with van der Waals surface area (Å²) in [6.45, 7) is 1.44. The highest BCUT2D eigenvalue weighted by atomic mass is 32.2. The van der Waals surface area contributed by atoms with Crippen LogP contribution in [0.15, 0.2) is 47.4 Å². The van der Waals surface area contributed by atoms with Crippen LogP contribution in [0.1, 0.15) is 17.5 Å². The van der Waals surface area contributed by atoms with Crippen LogP contribution in [0.5, 0.6) is 0 Å². The Morgan fingerprint density at radius 2 is 2.04 bits per heavy atom. The molecule has 4 rings (SSSR count). The number of nitrogens with zero attached hydrogens (tertiary/aromatic N) is 2. The molecule has 2 aromatic rings. The van der Waals surface area contributed by atoms with Gasteiger partial charge in [0.2, 0.25) is 10.0 Å². The lowest BCUT2D eigenvalue weighted by Gasteiger charge is -2.42. The van der Waals surface area contributed by atoms with Crippen molar-refractivity contribution >= 4 is 21.4 Å². The van der Waals surface area contributed by atoms with E-state index in [4.69, 9.17) is 4.74 Å². The van der Waals surface area contributed by atoms with Crippen molar-refractivity contribution in [3.05, 3.63) is 63.7 Å². The zero-order valence-corrected chi connectivity index (χ0v) is 16.2. The monoisotopic (exact) mass is 403 g/mol. The second-order valence-corrected chi connectivity index (χ2v) is 8.92. The van der Waals surface area contributed by atoms with Gasteiger partial charge in [-0.05, 0) is 43.1 Å². The van der Waals surface area contributed by atoms with Crippen LogP contribution in [0.2, 0.25) is 0 Å². The zero-order valence-electron chi connectivity index (χ0n) is 15.4. The van der Waals surface area contributed by atoms with Crippen LogP contribution < -0.4 is 9.62 Å². The molecule has 2 aliphatic rings. The lowest BCUT2D eigenvalue weighted by atomic mass is 9.93. The third kappa shape index (κ3) is 3.05. The van der Waals surface area contributed by atoms with Crippen LogP contribution in [0, 0.1) is 10.1 Å². The fourth-order valence-corrected chi connectivity index (χ4v) is 4.91. The summed E-state index contributed by atoms with van der Waals surface area (Å²) in [6, 6.07) is 12.2. The van der Waals surface area contributed by atoms with Crippen molar-refractivity contribution in [2.75, 3.05) is 31.6 Å². The van der Waals surface area contributed by atoms with E-state index in [9.17, 15) is 18.5 Å². The van der Waals surface area contributed by atoms with Crippen LogP contribution >= 0.6 is 0 Å². The molecule has 9 heteroatoms.